The van der Waals surface area contributed by atoms with Crippen LogP contribution in [-0.4, -0.2) is 74.0 Å². The van der Waals surface area contributed by atoms with Gasteiger partial charge >= 0.3 is 5.63 Å². The van der Waals surface area contributed by atoms with Crippen molar-refractivity contribution in [3.63, 3.8) is 0 Å². The van der Waals surface area contributed by atoms with Gasteiger partial charge in [0.05, 0.1) is 29.3 Å². The minimum atomic E-state index is -4.25. The molecule has 3 atom stereocenters. The number of hydrogen-bond acceptors (Lipinski definition) is 10. The van der Waals surface area contributed by atoms with E-state index in [4.69, 9.17) is 21.6 Å². The number of anilines is 1. The van der Waals surface area contributed by atoms with Gasteiger partial charge < -0.3 is 32.3 Å². The summed E-state index contributed by atoms with van der Waals surface area (Å²) in [5.41, 5.74) is 17.2. The summed E-state index contributed by atoms with van der Waals surface area (Å²) in [4.78, 5) is 58.7. The molecule has 1 fully saturated rings. The van der Waals surface area contributed by atoms with Crippen molar-refractivity contribution in [3.05, 3.63) is 70.1 Å². The van der Waals surface area contributed by atoms with Crippen LogP contribution in [0.4, 0.5) is 5.69 Å². The maximum absolute atomic E-state index is 14.1. The Morgan fingerprint density at radius 2 is 1.80 bits per heavy atom. The molecular formula is C30H37N7O7S. The number of fused-ring (bicyclic) bond motifs is 1. The van der Waals surface area contributed by atoms with Gasteiger partial charge in [-0.05, 0) is 63.4 Å². The zero-order valence-electron chi connectivity index (χ0n) is 25.0. The van der Waals surface area contributed by atoms with Gasteiger partial charge in [-0.2, -0.15) is 0 Å². The third kappa shape index (κ3) is 7.38. The van der Waals surface area contributed by atoms with E-state index in [1.807, 2.05) is 0 Å². The highest BCUT2D eigenvalue weighted by molar-refractivity contribution is 7.92. The Morgan fingerprint density at radius 3 is 2.42 bits per heavy atom. The van der Waals surface area contributed by atoms with Gasteiger partial charge in [-0.1, -0.05) is 35.9 Å². The number of aryl methyl sites for hydroxylation is 2. The molecule has 1 aromatic heterocycles. The van der Waals surface area contributed by atoms with Gasteiger partial charge in [0.25, 0.3) is 0 Å². The van der Waals surface area contributed by atoms with Gasteiger partial charge in [-0.15, -0.1) is 0 Å². The molecule has 1 aliphatic rings. The van der Waals surface area contributed by atoms with Gasteiger partial charge in [-0.25, -0.2) is 13.2 Å². The standard InChI is InChI=1S/C30H37N7O7S/c1-17-9-11-19(12-10-17)45(42,43)20(16-35-30(32)33)14-23(37(25(38)15-31)28(40)22-7-5-13-34-22)27(39)36-26-18(2)21-6-3-4-8-24(21)44-29(26)41/h3-4,6,8-12,20,22-23,34H,5,7,13-16,31H2,1-2H3,(H,36,39)(H4,32,33,35)/t20?,22-,23-/m0/s1. The van der Waals surface area contributed by atoms with Crippen molar-refractivity contribution < 1.29 is 27.2 Å². The van der Waals surface area contributed by atoms with E-state index in [-0.39, 0.29) is 10.6 Å². The second-order valence-corrected chi connectivity index (χ2v) is 13.1. The van der Waals surface area contributed by atoms with Gasteiger partial charge in [0.2, 0.25) is 17.7 Å². The first-order valence-electron chi connectivity index (χ1n) is 14.3. The second kappa shape index (κ2) is 14.0. The van der Waals surface area contributed by atoms with Crippen molar-refractivity contribution in [3.8, 4) is 0 Å². The number of sulfone groups is 1. The van der Waals surface area contributed by atoms with Crippen LogP contribution in [0.3, 0.4) is 0 Å². The summed E-state index contributed by atoms with van der Waals surface area (Å²) in [6, 6.07) is 10.2. The number of nitrogens with two attached hydrogens (primary N) is 3. The summed E-state index contributed by atoms with van der Waals surface area (Å²) in [6.07, 6.45) is 0.416. The summed E-state index contributed by atoms with van der Waals surface area (Å²) < 4.78 is 33.3. The molecule has 15 heteroatoms. The number of carbonyl (C=O) groups is 3. The molecule has 45 heavy (non-hydrogen) atoms. The first kappa shape index (κ1) is 33.3. The molecule has 1 aliphatic heterocycles. The van der Waals surface area contributed by atoms with Gasteiger partial charge in [0, 0.05) is 5.39 Å². The topological polar surface area (TPSA) is 233 Å². The van der Waals surface area contributed by atoms with Crippen molar-refractivity contribution in [1.29, 1.82) is 0 Å². The average molecular weight is 640 g/mol. The monoisotopic (exact) mass is 639 g/mol. The van der Waals surface area contributed by atoms with E-state index in [1.54, 1.807) is 50.2 Å². The van der Waals surface area contributed by atoms with Crippen molar-refractivity contribution in [2.24, 2.45) is 22.2 Å². The first-order valence-corrected chi connectivity index (χ1v) is 15.9. The largest absolute Gasteiger partial charge is 0.421 e. The van der Waals surface area contributed by atoms with Gasteiger partial charge in [0.15, 0.2) is 15.8 Å². The van der Waals surface area contributed by atoms with E-state index < -0.39 is 76.0 Å². The number of carbonyl (C=O) groups excluding carboxylic acids is 3. The van der Waals surface area contributed by atoms with Crippen LogP contribution in [0, 0.1) is 13.8 Å². The van der Waals surface area contributed by atoms with Gasteiger partial charge in [0.1, 0.15) is 17.3 Å². The summed E-state index contributed by atoms with van der Waals surface area (Å²) in [7, 11) is -4.25. The lowest BCUT2D eigenvalue weighted by atomic mass is 10.0. The zero-order valence-corrected chi connectivity index (χ0v) is 25.8. The van der Waals surface area contributed by atoms with E-state index in [9.17, 15) is 27.6 Å². The molecular weight excluding hydrogens is 602 g/mol. The van der Waals surface area contributed by atoms with Crippen LogP contribution in [0.1, 0.15) is 30.4 Å². The molecule has 0 bridgehead atoms. The van der Waals surface area contributed by atoms with Crippen molar-refractivity contribution >= 4 is 50.2 Å². The normalized spacial score (nSPS) is 16.1. The Hall–Kier alpha value is -4.60. The number of hydrogen-bond donors (Lipinski definition) is 5. The first-order chi connectivity index (χ1) is 21.3. The molecule has 3 aromatic rings. The summed E-state index contributed by atoms with van der Waals surface area (Å²) >= 11 is 0. The fraction of sp³-hybridized carbons (Fsp3) is 0.367. The Bertz CT molecular complexity index is 1780. The van der Waals surface area contributed by atoms with Crippen LogP contribution in [0.15, 0.2) is 67.6 Å². The Balaban J connectivity index is 1.84. The fourth-order valence-electron chi connectivity index (χ4n) is 5.27. The van der Waals surface area contributed by atoms with E-state index in [0.29, 0.717) is 40.8 Å². The van der Waals surface area contributed by atoms with Gasteiger partial charge in [-0.3, -0.25) is 24.3 Å². The molecule has 3 amide bonds. The number of para-hydroxylation sites is 1. The van der Waals surface area contributed by atoms with Crippen molar-refractivity contribution in [2.75, 3.05) is 25.0 Å². The predicted octanol–water partition coefficient (Wildman–Crippen LogP) is 0.289. The number of nitrogens with one attached hydrogen (secondary N) is 2. The molecule has 2 aromatic carbocycles. The Morgan fingerprint density at radius 1 is 1.11 bits per heavy atom. The number of guanidine groups is 1. The van der Waals surface area contributed by atoms with Crippen LogP contribution < -0.4 is 33.5 Å². The molecule has 2 heterocycles. The second-order valence-electron chi connectivity index (χ2n) is 10.8. The molecule has 0 saturated carbocycles. The van der Waals surface area contributed by atoms with Crippen LogP contribution in [-0.2, 0) is 24.2 Å². The molecule has 0 spiro atoms. The summed E-state index contributed by atoms with van der Waals surface area (Å²) in [5.74, 6) is -3.06. The molecule has 0 aliphatic carbocycles. The lowest BCUT2D eigenvalue weighted by Crippen LogP contribution is -2.58. The highest BCUT2D eigenvalue weighted by atomic mass is 32.2. The van der Waals surface area contributed by atoms with E-state index in [1.165, 1.54) is 12.1 Å². The third-order valence-corrected chi connectivity index (χ3v) is 9.87. The molecule has 1 unspecified atom stereocenters. The molecule has 240 valence electrons. The smallest absolute Gasteiger partial charge is 0.360 e. The van der Waals surface area contributed by atoms with Crippen LogP contribution >= 0.6 is 0 Å². The SMILES string of the molecule is Cc1ccc(S(=O)(=O)C(CN=C(N)N)C[C@@H](C(=O)Nc2c(C)c3ccccc3oc2=O)N(C(=O)CN)C(=O)[C@@H]2CCCN2)cc1. The number of amides is 3. The minimum Gasteiger partial charge on any atom is -0.421 e. The molecule has 4 rings (SSSR count). The third-order valence-electron chi connectivity index (χ3n) is 7.73. The minimum absolute atomic E-state index is 0.0745. The number of imide groups is 1. The van der Waals surface area contributed by atoms with E-state index in [2.05, 4.69) is 15.6 Å². The van der Waals surface area contributed by atoms with Crippen LogP contribution in [0.25, 0.3) is 11.0 Å². The number of benzene rings is 2. The number of rotatable bonds is 11. The summed E-state index contributed by atoms with van der Waals surface area (Å²) in [6.45, 7) is 2.76. The number of aliphatic imine (C=N–C) groups is 1. The van der Waals surface area contributed by atoms with E-state index >= 15 is 0 Å². The van der Waals surface area contributed by atoms with Crippen molar-refractivity contribution in [2.45, 2.75) is 55.3 Å². The molecule has 8 N–H and O–H groups in total. The quantitative estimate of drug-likeness (QED) is 0.109. The highest BCUT2D eigenvalue weighted by Crippen LogP contribution is 2.26. The Kier molecular flexibility index (Phi) is 10.4. The maximum atomic E-state index is 14.1. The van der Waals surface area contributed by atoms with Crippen molar-refractivity contribution in [1.82, 2.24) is 10.2 Å². The predicted molar refractivity (Wildman–Crippen MR) is 169 cm³/mol. The average Bonchev–Trinajstić information content (AvgIpc) is 3.55. The lowest BCUT2D eigenvalue weighted by molar-refractivity contribution is -0.151. The molecule has 14 nitrogen and oxygen atoms in total. The fourth-order valence-corrected chi connectivity index (χ4v) is 6.88. The number of nitrogens with zero attached hydrogens (tertiary/aromatic N) is 2. The summed E-state index contributed by atoms with van der Waals surface area (Å²) in [5, 5.41) is 4.57. The van der Waals surface area contributed by atoms with Crippen LogP contribution in [0.2, 0.25) is 0 Å². The zero-order chi connectivity index (χ0) is 32.9. The van der Waals surface area contributed by atoms with E-state index in [0.717, 1.165) is 5.56 Å². The highest BCUT2D eigenvalue weighted by Gasteiger charge is 2.42. The molecule has 1 saturated heterocycles. The Labute approximate surface area is 259 Å². The molecule has 0 radical (unpaired) electrons. The lowest BCUT2D eigenvalue weighted by Gasteiger charge is -2.33. The van der Waals surface area contributed by atoms with Crippen LogP contribution in [0.5, 0.6) is 0 Å². The maximum Gasteiger partial charge on any atom is 0.360 e.